The van der Waals surface area contributed by atoms with E-state index in [1.165, 1.54) is 6.20 Å². The number of nitrogens with two attached hydrogens (primary N) is 2. The molecule has 3 nitrogen and oxygen atoms in total. The Hall–Kier alpha value is -0.700. The monoisotopic (exact) mass is 129 g/mol. The van der Waals surface area contributed by atoms with E-state index in [-0.39, 0.29) is 5.54 Å². The van der Waals surface area contributed by atoms with E-state index in [1.807, 2.05) is 20.8 Å². The zero-order valence-electron chi connectivity index (χ0n) is 6.26. The number of nitrogens with zero attached hydrogens (tertiary/aromatic N) is 1. The number of hydrazine groups is 1. The van der Waals surface area contributed by atoms with Crippen LogP contribution in [0.1, 0.15) is 20.8 Å². The Morgan fingerprint density at radius 3 is 1.89 bits per heavy atom. The first-order valence-corrected chi connectivity index (χ1v) is 2.91. The van der Waals surface area contributed by atoms with Crippen molar-refractivity contribution in [2.45, 2.75) is 26.3 Å². The lowest BCUT2D eigenvalue weighted by Gasteiger charge is -2.29. The average Bonchev–Trinajstić information content (AvgIpc) is 1.64. The van der Waals surface area contributed by atoms with Crippen LogP contribution in [0.4, 0.5) is 0 Å². The Bertz CT molecular complexity index is 101. The van der Waals surface area contributed by atoms with Gasteiger partial charge in [-0.3, -0.25) is 0 Å². The number of hydrogen-bond donors (Lipinski definition) is 2. The molecule has 0 aliphatic rings. The Kier molecular flexibility index (Phi) is 2.52. The van der Waals surface area contributed by atoms with Gasteiger partial charge >= 0.3 is 0 Å². The fraction of sp³-hybridized carbons (Fsp3) is 0.667. The molecule has 0 saturated carbocycles. The lowest BCUT2D eigenvalue weighted by molar-refractivity contribution is 0.210. The first-order chi connectivity index (χ1) is 3.98. The second-order valence-electron chi connectivity index (χ2n) is 2.92. The highest BCUT2D eigenvalue weighted by Gasteiger charge is 2.13. The molecule has 3 heteroatoms. The summed E-state index contributed by atoms with van der Waals surface area (Å²) < 4.78 is 0. The van der Waals surface area contributed by atoms with E-state index in [4.69, 9.17) is 11.6 Å². The summed E-state index contributed by atoms with van der Waals surface area (Å²) in [6.45, 7) is 6.02. The second kappa shape index (κ2) is 2.73. The Balaban J connectivity index is 3.88. The zero-order valence-corrected chi connectivity index (χ0v) is 6.26. The van der Waals surface area contributed by atoms with Crippen LogP contribution in [0.5, 0.6) is 0 Å². The van der Waals surface area contributed by atoms with E-state index in [9.17, 15) is 0 Å². The van der Waals surface area contributed by atoms with E-state index in [0.29, 0.717) is 0 Å². The highest BCUT2D eigenvalue weighted by molar-refractivity contribution is 4.82. The molecule has 0 fully saturated rings. The molecule has 0 aliphatic carbocycles. The molecule has 4 N–H and O–H groups in total. The van der Waals surface area contributed by atoms with Crippen LogP contribution in [-0.2, 0) is 0 Å². The quantitative estimate of drug-likeness (QED) is 0.398. The van der Waals surface area contributed by atoms with E-state index in [2.05, 4.69) is 0 Å². The summed E-state index contributed by atoms with van der Waals surface area (Å²) in [5, 5.41) is 1.56. The molecule has 0 aromatic rings. The molecule has 0 amide bonds. The normalized spacial score (nSPS) is 12.4. The number of hydrogen-bond acceptors (Lipinski definition) is 3. The molecule has 0 saturated heterocycles. The minimum atomic E-state index is -0.0458. The first-order valence-electron chi connectivity index (χ1n) is 2.91. The molecule has 0 rings (SSSR count). The van der Waals surface area contributed by atoms with E-state index in [1.54, 1.807) is 11.2 Å². The van der Waals surface area contributed by atoms with Crippen molar-refractivity contribution in [2.75, 3.05) is 0 Å². The third kappa shape index (κ3) is 2.98. The van der Waals surface area contributed by atoms with Crippen molar-refractivity contribution in [3.05, 3.63) is 12.4 Å². The van der Waals surface area contributed by atoms with Crippen molar-refractivity contribution < 1.29 is 0 Å². The summed E-state index contributed by atoms with van der Waals surface area (Å²) in [4.78, 5) is 0. The predicted octanol–water partition coefficient (Wildman–Crippen LogP) is 0.391. The molecule has 0 aromatic heterocycles. The number of rotatable bonds is 1. The predicted molar refractivity (Wildman–Crippen MR) is 39.1 cm³/mol. The van der Waals surface area contributed by atoms with E-state index >= 15 is 0 Å². The van der Waals surface area contributed by atoms with Crippen molar-refractivity contribution in [1.82, 2.24) is 5.01 Å². The van der Waals surface area contributed by atoms with Gasteiger partial charge in [0.1, 0.15) is 0 Å². The smallest absolute Gasteiger partial charge is 0.0470 e. The lowest BCUT2D eigenvalue weighted by Crippen LogP contribution is -2.42. The molecule has 0 aromatic carbocycles. The van der Waals surface area contributed by atoms with Gasteiger partial charge in [0, 0.05) is 17.9 Å². The molecule has 0 spiro atoms. The third-order valence-corrected chi connectivity index (χ3v) is 1.02. The summed E-state index contributed by atoms with van der Waals surface area (Å²) in [6, 6.07) is 0. The maximum Gasteiger partial charge on any atom is 0.0470 e. The van der Waals surface area contributed by atoms with Crippen LogP contribution >= 0.6 is 0 Å². The summed E-state index contributed by atoms with van der Waals surface area (Å²) in [7, 11) is 0. The zero-order chi connectivity index (χ0) is 7.49. The molecular weight excluding hydrogens is 114 g/mol. The van der Waals surface area contributed by atoms with Gasteiger partial charge in [-0.05, 0) is 20.8 Å². The highest BCUT2D eigenvalue weighted by Crippen LogP contribution is 2.06. The van der Waals surface area contributed by atoms with Gasteiger partial charge in [0.15, 0.2) is 0 Å². The average molecular weight is 129 g/mol. The van der Waals surface area contributed by atoms with Gasteiger partial charge < -0.3 is 10.7 Å². The molecule has 9 heavy (non-hydrogen) atoms. The van der Waals surface area contributed by atoms with Crippen molar-refractivity contribution in [3.63, 3.8) is 0 Å². The SMILES string of the molecule is CC(C)(C)N(N)/C=C\N. The Morgan fingerprint density at radius 1 is 1.33 bits per heavy atom. The van der Waals surface area contributed by atoms with Crippen LogP contribution in [0.2, 0.25) is 0 Å². The van der Waals surface area contributed by atoms with Gasteiger partial charge in [0.25, 0.3) is 0 Å². The highest BCUT2D eigenvalue weighted by atomic mass is 15.4. The minimum absolute atomic E-state index is 0.0458. The largest absolute Gasteiger partial charge is 0.403 e. The van der Waals surface area contributed by atoms with Gasteiger partial charge in [-0.1, -0.05) is 0 Å². The van der Waals surface area contributed by atoms with Crippen molar-refractivity contribution in [3.8, 4) is 0 Å². The molecule has 54 valence electrons. The molecule has 0 aliphatic heterocycles. The molecule has 0 unspecified atom stereocenters. The standard InChI is InChI=1S/C6H15N3/c1-6(2,3)9(8)5-4-7/h4-5H,7-8H2,1-3H3/b5-4-. The van der Waals surface area contributed by atoms with E-state index in [0.717, 1.165) is 0 Å². The van der Waals surface area contributed by atoms with Gasteiger partial charge in [-0.25, -0.2) is 5.84 Å². The lowest BCUT2D eigenvalue weighted by atomic mass is 10.1. The van der Waals surface area contributed by atoms with E-state index < -0.39 is 0 Å². The summed E-state index contributed by atoms with van der Waals surface area (Å²) in [6.07, 6.45) is 3.06. The van der Waals surface area contributed by atoms with Crippen LogP contribution in [0.15, 0.2) is 12.4 Å². The molecule has 0 radical (unpaired) electrons. The van der Waals surface area contributed by atoms with Crippen molar-refractivity contribution in [2.24, 2.45) is 11.6 Å². The molecule has 0 atom stereocenters. The van der Waals surface area contributed by atoms with Crippen molar-refractivity contribution >= 4 is 0 Å². The molecule has 0 heterocycles. The fourth-order valence-corrected chi connectivity index (χ4v) is 0.316. The second-order valence-corrected chi connectivity index (χ2v) is 2.92. The molecular formula is C6H15N3. The van der Waals surface area contributed by atoms with Gasteiger partial charge in [0.05, 0.1) is 0 Å². The Morgan fingerprint density at radius 2 is 1.78 bits per heavy atom. The van der Waals surface area contributed by atoms with Crippen LogP contribution < -0.4 is 11.6 Å². The fourth-order valence-electron chi connectivity index (χ4n) is 0.316. The third-order valence-electron chi connectivity index (χ3n) is 1.02. The molecule has 0 bridgehead atoms. The van der Waals surface area contributed by atoms with Crippen LogP contribution in [0, 0.1) is 0 Å². The van der Waals surface area contributed by atoms with Gasteiger partial charge in [-0.15, -0.1) is 0 Å². The topological polar surface area (TPSA) is 55.3 Å². The Labute approximate surface area is 56.3 Å². The van der Waals surface area contributed by atoms with Crippen LogP contribution in [-0.4, -0.2) is 10.5 Å². The summed E-state index contributed by atoms with van der Waals surface area (Å²) in [5.41, 5.74) is 5.08. The van der Waals surface area contributed by atoms with Crippen LogP contribution in [0.25, 0.3) is 0 Å². The van der Waals surface area contributed by atoms with Crippen molar-refractivity contribution in [1.29, 1.82) is 0 Å². The van der Waals surface area contributed by atoms with Crippen LogP contribution in [0.3, 0.4) is 0 Å². The first kappa shape index (κ1) is 8.30. The summed E-state index contributed by atoms with van der Waals surface area (Å²) >= 11 is 0. The van der Waals surface area contributed by atoms with Gasteiger partial charge in [-0.2, -0.15) is 0 Å². The maximum absolute atomic E-state index is 5.53. The van der Waals surface area contributed by atoms with Gasteiger partial charge in [0.2, 0.25) is 0 Å². The maximum atomic E-state index is 5.53. The minimum Gasteiger partial charge on any atom is -0.403 e. The summed E-state index contributed by atoms with van der Waals surface area (Å²) in [5.74, 6) is 5.53.